The first-order valence-electron chi connectivity index (χ1n) is 7.56. The number of carboxylic acids is 1. The molecule has 0 bridgehead atoms. The number of benzene rings is 1. The van der Waals surface area contributed by atoms with Gasteiger partial charge in [0.2, 0.25) is 11.7 Å². The SMILES string of the molecule is COc1cc(/C=C/C(=O)N(C)CC(C)C(=O)O)cc2c1OCCO2. The summed E-state index contributed by atoms with van der Waals surface area (Å²) in [6.45, 7) is 2.62. The van der Waals surface area contributed by atoms with E-state index in [1.54, 1.807) is 32.2 Å². The third-order valence-electron chi connectivity index (χ3n) is 3.61. The van der Waals surface area contributed by atoms with Gasteiger partial charge in [-0.1, -0.05) is 6.92 Å². The fourth-order valence-corrected chi connectivity index (χ4v) is 2.26. The highest BCUT2D eigenvalue weighted by molar-refractivity contribution is 5.92. The highest BCUT2D eigenvalue weighted by atomic mass is 16.6. The second kappa shape index (κ2) is 7.72. The van der Waals surface area contributed by atoms with Crippen LogP contribution in [0.5, 0.6) is 17.2 Å². The van der Waals surface area contributed by atoms with Crippen molar-refractivity contribution in [3.05, 3.63) is 23.8 Å². The number of hydrogen-bond acceptors (Lipinski definition) is 5. The standard InChI is InChI=1S/C17H21NO6/c1-11(17(20)21)10-18(2)15(19)5-4-12-8-13(22-3)16-14(9-12)23-6-7-24-16/h4-5,8-9,11H,6-7,10H2,1-3H3,(H,20,21)/b5-4+. The number of ether oxygens (including phenoxy) is 3. The van der Waals surface area contributed by atoms with Crippen molar-refractivity contribution in [3.8, 4) is 17.2 Å². The summed E-state index contributed by atoms with van der Waals surface area (Å²) in [4.78, 5) is 24.3. The molecule has 1 aromatic carbocycles. The van der Waals surface area contributed by atoms with Gasteiger partial charge in [-0.3, -0.25) is 9.59 Å². The lowest BCUT2D eigenvalue weighted by atomic mass is 10.1. The van der Waals surface area contributed by atoms with Crippen molar-refractivity contribution < 1.29 is 28.9 Å². The summed E-state index contributed by atoms with van der Waals surface area (Å²) in [5, 5.41) is 8.90. The van der Waals surface area contributed by atoms with Gasteiger partial charge >= 0.3 is 5.97 Å². The van der Waals surface area contributed by atoms with E-state index in [1.165, 1.54) is 18.1 Å². The Kier molecular flexibility index (Phi) is 5.68. The first-order valence-corrected chi connectivity index (χ1v) is 7.56. The molecular formula is C17H21NO6. The predicted molar refractivity (Wildman–Crippen MR) is 87.5 cm³/mol. The summed E-state index contributed by atoms with van der Waals surface area (Å²) in [7, 11) is 3.10. The summed E-state index contributed by atoms with van der Waals surface area (Å²) in [6.07, 6.45) is 3.02. The molecule has 1 amide bonds. The molecule has 2 rings (SSSR count). The van der Waals surface area contributed by atoms with E-state index in [2.05, 4.69) is 0 Å². The van der Waals surface area contributed by atoms with Crippen LogP contribution in [-0.4, -0.2) is 55.8 Å². The van der Waals surface area contributed by atoms with E-state index in [0.717, 1.165) is 5.56 Å². The largest absolute Gasteiger partial charge is 0.493 e. The Hall–Kier alpha value is -2.70. The number of amides is 1. The van der Waals surface area contributed by atoms with Crippen molar-refractivity contribution in [1.29, 1.82) is 0 Å². The van der Waals surface area contributed by atoms with E-state index >= 15 is 0 Å². The molecule has 0 aromatic heterocycles. The van der Waals surface area contributed by atoms with Gasteiger partial charge in [0.15, 0.2) is 11.5 Å². The first-order chi connectivity index (χ1) is 11.4. The number of nitrogens with zero attached hydrogens (tertiary/aromatic N) is 1. The van der Waals surface area contributed by atoms with Crippen molar-refractivity contribution in [2.45, 2.75) is 6.92 Å². The zero-order valence-electron chi connectivity index (χ0n) is 13.9. The molecule has 24 heavy (non-hydrogen) atoms. The Morgan fingerprint density at radius 1 is 1.38 bits per heavy atom. The highest BCUT2D eigenvalue weighted by Gasteiger charge is 2.18. The molecule has 1 unspecified atom stereocenters. The monoisotopic (exact) mass is 335 g/mol. The minimum absolute atomic E-state index is 0.142. The van der Waals surface area contributed by atoms with Crippen molar-refractivity contribution in [3.63, 3.8) is 0 Å². The molecule has 130 valence electrons. The number of fused-ring (bicyclic) bond motifs is 1. The fourth-order valence-electron chi connectivity index (χ4n) is 2.26. The van der Waals surface area contributed by atoms with Gasteiger partial charge in [0.05, 0.1) is 13.0 Å². The summed E-state index contributed by atoms with van der Waals surface area (Å²) in [6, 6.07) is 3.51. The number of methoxy groups -OCH3 is 1. The van der Waals surface area contributed by atoms with E-state index in [-0.39, 0.29) is 12.5 Å². The van der Waals surface area contributed by atoms with Gasteiger partial charge in [-0.05, 0) is 23.8 Å². The fraction of sp³-hybridized carbons (Fsp3) is 0.412. The van der Waals surface area contributed by atoms with Crippen LogP contribution < -0.4 is 14.2 Å². The maximum absolute atomic E-state index is 12.1. The summed E-state index contributed by atoms with van der Waals surface area (Å²) in [5.41, 5.74) is 0.726. The van der Waals surface area contributed by atoms with Crippen LogP contribution in [0.15, 0.2) is 18.2 Å². The molecule has 0 saturated heterocycles. The van der Waals surface area contributed by atoms with Crippen LogP contribution in [0.2, 0.25) is 0 Å². The topological polar surface area (TPSA) is 85.3 Å². The predicted octanol–water partition coefficient (Wildman–Crippen LogP) is 1.66. The smallest absolute Gasteiger partial charge is 0.308 e. The zero-order chi connectivity index (χ0) is 17.7. The van der Waals surface area contributed by atoms with Crippen molar-refractivity contribution in [1.82, 2.24) is 4.90 Å². The molecule has 0 radical (unpaired) electrons. The minimum atomic E-state index is -0.935. The molecule has 7 heteroatoms. The normalized spacial score (nSPS) is 14.3. The maximum atomic E-state index is 12.1. The molecule has 1 aliphatic heterocycles. The summed E-state index contributed by atoms with van der Waals surface area (Å²) < 4.78 is 16.4. The number of hydrogen-bond donors (Lipinski definition) is 1. The van der Waals surface area contributed by atoms with Crippen LogP contribution in [0.1, 0.15) is 12.5 Å². The van der Waals surface area contributed by atoms with Crippen LogP contribution in [0.4, 0.5) is 0 Å². The number of carboxylic acid groups (broad SMARTS) is 1. The van der Waals surface area contributed by atoms with E-state index < -0.39 is 11.9 Å². The first kappa shape index (κ1) is 17.7. The molecule has 1 aliphatic rings. The van der Waals surface area contributed by atoms with Gasteiger partial charge < -0.3 is 24.2 Å². The van der Waals surface area contributed by atoms with Gasteiger partial charge in [-0.25, -0.2) is 0 Å². The summed E-state index contributed by atoms with van der Waals surface area (Å²) >= 11 is 0. The van der Waals surface area contributed by atoms with E-state index in [9.17, 15) is 9.59 Å². The molecule has 0 saturated carbocycles. The minimum Gasteiger partial charge on any atom is -0.493 e. The second-order valence-electron chi connectivity index (χ2n) is 5.54. The lowest BCUT2D eigenvalue weighted by Crippen LogP contribution is -2.32. The zero-order valence-corrected chi connectivity index (χ0v) is 13.9. The molecule has 1 N–H and O–H groups in total. The van der Waals surface area contributed by atoms with Crippen molar-refractivity contribution in [2.75, 3.05) is 33.9 Å². The van der Waals surface area contributed by atoms with Crippen LogP contribution in [0.25, 0.3) is 6.08 Å². The van der Waals surface area contributed by atoms with Crippen LogP contribution >= 0.6 is 0 Å². The average Bonchev–Trinajstić information content (AvgIpc) is 2.58. The lowest BCUT2D eigenvalue weighted by Gasteiger charge is -2.21. The Morgan fingerprint density at radius 2 is 2.08 bits per heavy atom. The van der Waals surface area contributed by atoms with Gasteiger partial charge in [0.1, 0.15) is 13.2 Å². The van der Waals surface area contributed by atoms with Gasteiger partial charge in [-0.2, -0.15) is 0 Å². The second-order valence-corrected chi connectivity index (χ2v) is 5.54. The Bertz CT molecular complexity index is 637. The lowest BCUT2D eigenvalue weighted by molar-refractivity contribution is -0.142. The van der Waals surface area contributed by atoms with Crippen molar-refractivity contribution in [2.24, 2.45) is 5.92 Å². The van der Waals surface area contributed by atoms with E-state index in [0.29, 0.717) is 30.5 Å². The highest BCUT2D eigenvalue weighted by Crippen LogP contribution is 2.40. The maximum Gasteiger partial charge on any atom is 0.308 e. The molecule has 0 aliphatic carbocycles. The van der Waals surface area contributed by atoms with Crippen LogP contribution in [0, 0.1) is 5.92 Å². The quantitative estimate of drug-likeness (QED) is 0.796. The number of rotatable bonds is 6. The molecular weight excluding hydrogens is 314 g/mol. The number of carbonyl (C=O) groups is 2. The number of carbonyl (C=O) groups excluding carboxylic acids is 1. The molecule has 7 nitrogen and oxygen atoms in total. The van der Waals surface area contributed by atoms with E-state index in [1.807, 2.05) is 0 Å². The van der Waals surface area contributed by atoms with E-state index in [4.69, 9.17) is 19.3 Å². The Balaban J connectivity index is 2.11. The molecule has 1 heterocycles. The Labute approximate surface area is 140 Å². The molecule has 1 aromatic rings. The van der Waals surface area contributed by atoms with Gasteiger partial charge in [-0.15, -0.1) is 0 Å². The summed E-state index contributed by atoms with van der Waals surface area (Å²) in [5.74, 6) is -0.179. The molecule has 1 atom stereocenters. The van der Waals surface area contributed by atoms with Gasteiger partial charge in [0, 0.05) is 19.7 Å². The van der Waals surface area contributed by atoms with Crippen LogP contribution in [-0.2, 0) is 9.59 Å². The number of aliphatic carboxylic acids is 1. The third kappa shape index (κ3) is 4.18. The average molecular weight is 335 g/mol. The number of likely N-dealkylation sites (N-methyl/N-ethyl adjacent to an activating group) is 1. The van der Waals surface area contributed by atoms with Crippen molar-refractivity contribution >= 4 is 18.0 Å². The molecule has 0 fully saturated rings. The van der Waals surface area contributed by atoms with Gasteiger partial charge in [0.25, 0.3) is 0 Å². The molecule has 0 spiro atoms. The van der Waals surface area contributed by atoms with Crippen LogP contribution in [0.3, 0.4) is 0 Å². The third-order valence-corrected chi connectivity index (χ3v) is 3.61. The Morgan fingerprint density at radius 3 is 2.75 bits per heavy atom.